The first kappa shape index (κ1) is 9.84. The fourth-order valence-corrected chi connectivity index (χ4v) is 3.46. The van der Waals surface area contributed by atoms with Crippen molar-refractivity contribution in [3.8, 4) is 5.75 Å². The van der Waals surface area contributed by atoms with E-state index >= 15 is 0 Å². The highest BCUT2D eigenvalue weighted by atomic mass is 32.2. The molecule has 0 saturated carbocycles. The molecular weight excluding hydrogens is 224 g/mol. The SMILES string of the molecule is O=c1[nH]c2ccc(O)cc2n1C1CCCS1. The average molecular weight is 236 g/mol. The summed E-state index contributed by atoms with van der Waals surface area (Å²) in [6.07, 6.45) is 2.17. The number of nitrogens with one attached hydrogen (secondary N) is 1. The Labute approximate surface area is 96.3 Å². The summed E-state index contributed by atoms with van der Waals surface area (Å²) in [5.74, 6) is 1.30. The number of thioether (sulfide) groups is 1. The van der Waals surface area contributed by atoms with Crippen LogP contribution in [0.3, 0.4) is 0 Å². The highest BCUT2D eigenvalue weighted by Crippen LogP contribution is 2.36. The van der Waals surface area contributed by atoms with Gasteiger partial charge in [0, 0.05) is 6.07 Å². The minimum atomic E-state index is -0.0833. The molecule has 1 fully saturated rings. The molecule has 2 heterocycles. The molecule has 84 valence electrons. The van der Waals surface area contributed by atoms with Crippen LogP contribution in [0.4, 0.5) is 0 Å². The summed E-state index contributed by atoms with van der Waals surface area (Å²) in [6, 6.07) is 4.97. The lowest BCUT2D eigenvalue weighted by molar-refractivity contribution is 0.475. The Morgan fingerprint density at radius 1 is 1.50 bits per heavy atom. The summed E-state index contributed by atoms with van der Waals surface area (Å²) < 4.78 is 1.76. The summed E-state index contributed by atoms with van der Waals surface area (Å²) in [4.78, 5) is 14.7. The molecule has 4 nitrogen and oxygen atoms in total. The fourth-order valence-electron chi connectivity index (χ4n) is 2.16. The molecule has 1 saturated heterocycles. The van der Waals surface area contributed by atoms with Crippen molar-refractivity contribution in [3.05, 3.63) is 28.7 Å². The number of aromatic nitrogens is 2. The van der Waals surface area contributed by atoms with E-state index in [4.69, 9.17) is 0 Å². The molecule has 1 aromatic carbocycles. The molecule has 16 heavy (non-hydrogen) atoms. The Balaban J connectivity index is 2.25. The van der Waals surface area contributed by atoms with Crippen molar-refractivity contribution < 1.29 is 5.11 Å². The summed E-state index contributed by atoms with van der Waals surface area (Å²) >= 11 is 1.80. The zero-order chi connectivity index (χ0) is 11.1. The third kappa shape index (κ3) is 1.43. The van der Waals surface area contributed by atoms with Gasteiger partial charge in [0.05, 0.1) is 16.4 Å². The van der Waals surface area contributed by atoms with E-state index in [1.165, 1.54) is 0 Å². The number of hydrogen-bond donors (Lipinski definition) is 2. The predicted octanol–water partition coefficient (Wildman–Crippen LogP) is 2.06. The van der Waals surface area contributed by atoms with Gasteiger partial charge in [0.1, 0.15) is 5.75 Å². The van der Waals surface area contributed by atoms with Gasteiger partial charge in [0.2, 0.25) is 0 Å². The fraction of sp³-hybridized carbons (Fsp3) is 0.364. The monoisotopic (exact) mass is 236 g/mol. The van der Waals surface area contributed by atoms with Crippen LogP contribution in [0.5, 0.6) is 5.75 Å². The van der Waals surface area contributed by atoms with Crippen molar-refractivity contribution in [3.63, 3.8) is 0 Å². The molecule has 1 unspecified atom stereocenters. The van der Waals surface area contributed by atoms with E-state index in [1.807, 2.05) is 0 Å². The molecule has 1 atom stereocenters. The van der Waals surface area contributed by atoms with Gasteiger partial charge < -0.3 is 10.1 Å². The van der Waals surface area contributed by atoms with Crippen LogP contribution in [-0.2, 0) is 0 Å². The van der Waals surface area contributed by atoms with Crippen LogP contribution in [0.2, 0.25) is 0 Å². The number of phenolic OH excluding ortho intramolecular Hbond substituents is 1. The van der Waals surface area contributed by atoms with E-state index in [2.05, 4.69) is 4.98 Å². The lowest BCUT2D eigenvalue weighted by atomic mass is 10.3. The highest BCUT2D eigenvalue weighted by molar-refractivity contribution is 7.99. The van der Waals surface area contributed by atoms with Crippen molar-refractivity contribution >= 4 is 22.8 Å². The van der Waals surface area contributed by atoms with Crippen molar-refractivity contribution in [2.75, 3.05) is 5.75 Å². The molecule has 1 aliphatic rings. The number of imidazole rings is 1. The van der Waals surface area contributed by atoms with Gasteiger partial charge in [-0.05, 0) is 30.7 Å². The van der Waals surface area contributed by atoms with Crippen LogP contribution in [-0.4, -0.2) is 20.4 Å². The molecule has 3 rings (SSSR count). The van der Waals surface area contributed by atoms with Gasteiger partial charge in [-0.15, -0.1) is 11.8 Å². The first-order chi connectivity index (χ1) is 7.75. The Hall–Kier alpha value is -1.36. The second-order valence-electron chi connectivity index (χ2n) is 3.97. The standard InChI is InChI=1S/C11H12N2O2S/c14-7-3-4-8-9(6-7)13(11(15)12-8)10-2-1-5-16-10/h3-4,6,10,14H,1-2,5H2,(H,12,15). The van der Waals surface area contributed by atoms with Gasteiger partial charge in [-0.25, -0.2) is 4.79 Å². The van der Waals surface area contributed by atoms with Gasteiger partial charge >= 0.3 is 5.69 Å². The van der Waals surface area contributed by atoms with Crippen LogP contribution in [0.1, 0.15) is 18.2 Å². The van der Waals surface area contributed by atoms with E-state index in [1.54, 1.807) is 34.5 Å². The van der Waals surface area contributed by atoms with Gasteiger partial charge in [0.15, 0.2) is 0 Å². The Bertz CT molecular complexity index is 581. The first-order valence-corrected chi connectivity index (χ1v) is 6.35. The molecule has 0 spiro atoms. The summed E-state index contributed by atoms with van der Waals surface area (Å²) in [5, 5.41) is 9.68. The average Bonchev–Trinajstić information content (AvgIpc) is 2.83. The third-order valence-corrected chi connectivity index (χ3v) is 4.25. The van der Waals surface area contributed by atoms with Crippen molar-refractivity contribution in [1.29, 1.82) is 0 Å². The number of nitrogens with zero attached hydrogens (tertiary/aromatic N) is 1. The summed E-state index contributed by atoms with van der Waals surface area (Å²) in [5.41, 5.74) is 1.50. The molecule has 1 aliphatic heterocycles. The molecule has 0 radical (unpaired) electrons. The van der Waals surface area contributed by atoms with E-state index in [-0.39, 0.29) is 16.8 Å². The maximum atomic E-state index is 11.8. The second kappa shape index (κ2) is 3.59. The summed E-state index contributed by atoms with van der Waals surface area (Å²) in [7, 11) is 0. The molecule has 2 N–H and O–H groups in total. The van der Waals surface area contributed by atoms with Crippen LogP contribution in [0, 0.1) is 0 Å². The van der Waals surface area contributed by atoms with E-state index in [0.717, 1.165) is 29.6 Å². The molecule has 0 bridgehead atoms. The molecular formula is C11H12N2O2S. The van der Waals surface area contributed by atoms with Gasteiger partial charge in [-0.1, -0.05) is 0 Å². The van der Waals surface area contributed by atoms with Gasteiger partial charge in [0.25, 0.3) is 0 Å². The normalized spacial score (nSPS) is 20.6. The van der Waals surface area contributed by atoms with E-state index in [9.17, 15) is 9.90 Å². The number of H-pyrrole nitrogens is 1. The van der Waals surface area contributed by atoms with Gasteiger partial charge in [-0.2, -0.15) is 0 Å². The topological polar surface area (TPSA) is 58.0 Å². The van der Waals surface area contributed by atoms with Crippen LogP contribution in [0.15, 0.2) is 23.0 Å². The number of fused-ring (bicyclic) bond motifs is 1. The van der Waals surface area contributed by atoms with Crippen LogP contribution >= 0.6 is 11.8 Å². The quantitative estimate of drug-likeness (QED) is 0.796. The molecule has 0 aliphatic carbocycles. The molecule has 5 heteroatoms. The van der Waals surface area contributed by atoms with Gasteiger partial charge in [-0.3, -0.25) is 4.57 Å². The third-order valence-electron chi connectivity index (χ3n) is 2.89. The minimum Gasteiger partial charge on any atom is -0.508 e. The summed E-state index contributed by atoms with van der Waals surface area (Å²) in [6.45, 7) is 0. The Morgan fingerprint density at radius 2 is 2.38 bits per heavy atom. The smallest absolute Gasteiger partial charge is 0.327 e. The van der Waals surface area contributed by atoms with E-state index < -0.39 is 0 Å². The maximum Gasteiger partial charge on any atom is 0.327 e. The molecule has 2 aromatic rings. The first-order valence-electron chi connectivity index (χ1n) is 5.30. The number of aromatic amines is 1. The Kier molecular flexibility index (Phi) is 2.21. The van der Waals surface area contributed by atoms with Crippen molar-refractivity contribution in [2.24, 2.45) is 0 Å². The van der Waals surface area contributed by atoms with Crippen LogP contribution < -0.4 is 5.69 Å². The van der Waals surface area contributed by atoms with E-state index in [0.29, 0.717) is 0 Å². The lowest BCUT2D eigenvalue weighted by Crippen LogP contribution is -2.18. The largest absolute Gasteiger partial charge is 0.508 e. The lowest BCUT2D eigenvalue weighted by Gasteiger charge is -2.10. The van der Waals surface area contributed by atoms with Crippen LogP contribution in [0.25, 0.3) is 11.0 Å². The van der Waals surface area contributed by atoms with Crippen molar-refractivity contribution in [2.45, 2.75) is 18.2 Å². The number of aromatic hydroxyl groups is 1. The Morgan fingerprint density at radius 3 is 3.12 bits per heavy atom. The predicted molar refractivity (Wildman–Crippen MR) is 65.0 cm³/mol. The zero-order valence-corrected chi connectivity index (χ0v) is 9.46. The second-order valence-corrected chi connectivity index (χ2v) is 5.26. The molecule has 0 amide bonds. The van der Waals surface area contributed by atoms with Crippen molar-refractivity contribution in [1.82, 2.24) is 9.55 Å². The number of benzene rings is 1. The maximum absolute atomic E-state index is 11.8. The molecule has 1 aromatic heterocycles. The number of hydrogen-bond acceptors (Lipinski definition) is 3. The number of phenols is 1. The minimum absolute atomic E-state index is 0.0833. The number of rotatable bonds is 1. The highest BCUT2D eigenvalue weighted by Gasteiger charge is 2.21. The zero-order valence-electron chi connectivity index (χ0n) is 8.64.